The third kappa shape index (κ3) is 4.08. The molecule has 28 heavy (non-hydrogen) atoms. The van der Waals surface area contributed by atoms with Crippen LogP contribution in [0.3, 0.4) is 0 Å². The quantitative estimate of drug-likeness (QED) is 0.713. The molecule has 0 aliphatic carbocycles. The number of nitrogens with one attached hydrogen (secondary N) is 1. The fourth-order valence-electron chi connectivity index (χ4n) is 3.56. The molecule has 146 valence electrons. The van der Waals surface area contributed by atoms with Crippen LogP contribution in [0.1, 0.15) is 11.1 Å². The monoisotopic (exact) mass is 379 g/mol. The summed E-state index contributed by atoms with van der Waals surface area (Å²) in [5, 5.41) is 4.30. The number of furan rings is 1. The van der Waals surface area contributed by atoms with Crippen molar-refractivity contribution in [3.8, 4) is 11.1 Å². The number of amides is 1. The Morgan fingerprint density at radius 3 is 2.86 bits per heavy atom. The average molecular weight is 379 g/mol. The van der Waals surface area contributed by atoms with E-state index < -0.39 is 0 Å². The number of hydrogen-bond acceptors (Lipinski definition) is 5. The topological polar surface area (TPSA) is 67.6 Å². The second kappa shape index (κ2) is 8.54. The highest BCUT2D eigenvalue weighted by Gasteiger charge is 2.17. The van der Waals surface area contributed by atoms with E-state index in [1.54, 1.807) is 6.20 Å². The molecule has 3 aromatic rings. The number of carbonyl (C=O) groups is 1. The summed E-state index contributed by atoms with van der Waals surface area (Å²) in [4.78, 5) is 18.8. The molecule has 1 aliphatic heterocycles. The van der Waals surface area contributed by atoms with Gasteiger partial charge in [-0.1, -0.05) is 6.07 Å². The molecule has 1 aliphatic rings. The highest BCUT2D eigenvalue weighted by Crippen LogP contribution is 2.28. The maximum absolute atomic E-state index is 12.5. The number of aromatic nitrogens is 1. The zero-order valence-corrected chi connectivity index (χ0v) is 16.1. The molecule has 0 atom stereocenters. The van der Waals surface area contributed by atoms with Crippen molar-refractivity contribution in [3.63, 3.8) is 0 Å². The Bertz CT molecular complexity index is 961. The van der Waals surface area contributed by atoms with Crippen molar-refractivity contribution in [1.82, 2.24) is 15.2 Å². The van der Waals surface area contributed by atoms with E-state index >= 15 is 0 Å². The van der Waals surface area contributed by atoms with Crippen LogP contribution < -0.4 is 5.32 Å². The van der Waals surface area contributed by atoms with Gasteiger partial charge in [-0.25, -0.2) is 0 Å². The van der Waals surface area contributed by atoms with Crippen LogP contribution in [0, 0.1) is 0 Å². The first-order valence-electron chi connectivity index (χ1n) is 9.69. The number of ether oxygens (including phenoxy) is 1. The Morgan fingerprint density at radius 2 is 2.04 bits per heavy atom. The van der Waals surface area contributed by atoms with E-state index in [4.69, 9.17) is 9.15 Å². The average Bonchev–Trinajstić information content (AvgIpc) is 3.15. The van der Waals surface area contributed by atoms with Crippen molar-refractivity contribution in [2.45, 2.75) is 12.8 Å². The van der Waals surface area contributed by atoms with E-state index in [1.165, 1.54) is 5.56 Å². The molecule has 0 radical (unpaired) electrons. The molecule has 6 nitrogen and oxygen atoms in total. The van der Waals surface area contributed by atoms with Gasteiger partial charge in [0.1, 0.15) is 5.58 Å². The van der Waals surface area contributed by atoms with Crippen molar-refractivity contribution in [2.24, 2.45) is 0 Å². The number of carbonyl (C=O) groups excluding carboxylic acids is 1. The van der Waals surface area contributed by atoms with E-state index in [0.717, 1.165) is 40.6 Å². The Labute approximate surface area is 164 Å². The van der Waals surface area contributed by atoms with Gasteiger partial charge in [0.05, 0.1) is 25.9 Å². The maximum atomic E-state index is 12.5. The highest BCUT2D eigenvalue weighted by molar-refractivity contribution is 5.86. The van der Waals surface area contributed by atoms with Crippen LogP contribution in [0.25, 0.3) is 22.1 Å². The largest absolute Gasteiger partial charge is 0.464 e. The minimum absolute atomic E-state index is 0.127. The first-order chi connectivity index (χ1) is 13.7. The van der Waals surface area contributed by atoms with Gasteiger partial charge in [-0.2, -0.15) is 0 Å². The molecule has 4 rings (SSSR count). The summed E-state index contributed by atoms with van der Waals surface area (Å²) in [6.07, 6.45) is 6.73. The number of morpholine rings is 1. The van der Waals surface area contributed by atoms with Crippen LogP contribution in [0.5, 0.6) is 0 Å². The Hall–Kier alpha value is -2.70. The van der Waals surface area contributed by atoms with Gasteiger partial charge in [0.2, 0.25) is 5.91 Å². The third-order valence-electron chi connectivity index (χ3n) is 5.15. The first kappa shape index (κ1) is 18.7. The van der Waals surface area contributed by atoms with Crippen molar-refractivity contribution in [2.75, 3.05) is 39.9 Å². The molecule has 1 amide bonds. The lowest BCUT2D eigenvalue weighted by atomic mass is 10.0. The van der Waals surface area contributed by atoms with Crippen LogP contribution in [0.2, 0.25) is 0 Å². The van der Waals surface area contributed by atoms with Gasteiger partial charge >= 0.3 is 0 Å². The number of likely N-dealkylation sites (N-methyl/N-ethyl adjacent to an activating group) is 1. The third-order valence-corrected chi connectivity index (χ3v) is 5.15. The number of pyridine rings is 1. The van der Waals surface area contributed by atoms with Crippen LogP contribution in [-0.4, -0.2) is 55.7 Å². The van der Waals surface area contributed by atoms with Crippen LogP contribution in [0.15, 0.2) is 47.3 Å². The normalized spacial score (nSPS) is 14.5. The molecule has 2 aromatic heterocycles. The second-order valence-electron chi connectivity index (χ2n) is 7.08. The SMILES string of the molecule is CNCCc1coc2ccc(-c3cncc(CC(=O)N4CCOCC4)c3)cc12. The summed E-state index contributed by atoms with van der Waals surface area (Å²) in [6.45, 7) is 3.46. The summed E-state index contributed by atoms with van der Waals surface area (Å²) in [5.74, 6) is 0.127. The van der Waals surface area contributed by atoms with Gasteiger partial charge in [-0.05, 0) is 54.9 Å². The van der Waals surface area contributed by atoms with E-state index in [9.17, 15) is 4.79 Å². The Kier molecular flexibility index (Phi) is 5.69. The fraction of sp³-hybridized carbons (Fsp3) is 0.364. The molecule has 3 heterocycles. The summed E-state index contributed by atoms with van der Waals surface area (Å²) in [6, 6.07) is 8.24. The van der Waals surface area contributed by atoms with Gasteiger partial charge in [0.15, 0.2) is 0 Å². The molecule has 0 saturated carbocycles. The van der Waals surface area contributed by atoms with Gasteiger partial charge in [-0.3, -0.25) is 9.78 Å². The highest BCUT2D eigenvalue weighted by atomic mass is 16.5. The number of benzene rings is 1. The lowest BCUT2D eigenvalue weighted by molar-refractivity contribution is -0.134. The molecule has 0 bridgehead atoms. The van der Waals surface area contributed by atoms with Gasteiger partial charge in [0, 0.05) is 36.4 Å². The maximum Gasteiger partial charge on any atom is 0.227 e. The van der Waals surface area contributed by atoms with Crippen LogP contribution >= 0.6 is 0 Å². The summed E-state index contributed by atoms with van der Waals surface area (Å²) in [7, 11) is 1.95. The van der Waals surface area contributed by atoms with E-state index in [2.05, 4.69) is 22.4 Å². The van der Waals surface area contributed by atoms with E-state index in [0.29, 0.717) is 32.7 Å². The van der Waals surface area contributed by atoms with Crippen molar-refractivity contribution in [1.29, 1.82) is 0 Å². The zero-order valence-electron chi connectivity index (χ0n) is 16.1. The molecule has 1 fully saturated rings. The zero-order chi connectivity index (χ0) is 19.3. The summed E-state index contributed by atoms with van der Waals surface area (Å²) in [5.41, 5.74) is 5.10. The summed E-state index contributed by atoms with van der Waals surface area (Å²) >= 11 is 0. The number of fused-ring (bicyclic) bond motifs is 1. The van der Waals surface area contributed by atoms with Crippen molar-refractivity contribution in [3.05, 3.63) is 54.0 Å². The lowest BCUT2D eigenvalue weighted by Crippen LogP contribution is -2.41. The van der Waals surface area contributed by atoms with Gasteiger partial charge < -0.3 is 19.4 Å². The molecule has 1 aromatic carbocycles. The molecule has 6 heteroatoms. The van der Waals surface area contributed by atoms with E-state index in [1.807, 2.05) is 36.5 Å². The molecular weight excluding hydrogens is 354 g/mol. The molecule has 0 spiro atoms. The Morgan fingerprint density at radius 1 is 1.18 bits per heavy atom. The lowest BCUT2D eigenvalue weighted by Gasteiger charge is -2.26. The Balaban J connectivity index is 1.55. The predicted octanol–water partition coefficient (Wildman–Crippen LogP) is 2.66. The standard InChI is InChI=1S/C22H25N3O3/c1-23-5-4-18-15-28-21-3-2-17(12-20(18)21)19-10-16(13-24-14-19)11-22(26)25-6-8-27-9-7-25/h2-3,10,12-15,23H,4-9,11H2,1H3. The van der Waals surface area contributed by atoms with Gasteiger partial charge in [-0.15, -0.1) is 0 Å². The van der Waals surface area contributed by atoms with Gasteiger partial charge in [0.25, 0.3) is 0 Å². The number of hydrogen-bond donors (Lipinski definition) is 1. The molecule has 0 unspecified atom stereocenters. The smallest absolute Gasteiger partial charge is 0.227 e. The first-order valence-corrected chi connectivity index (χ1v) is 9.69. The minimum Gasteiger partial charge on any atom is -0.464 e. The fourth-order valence-corrected chi connectivity index (χ4v) is 3.56. The second-order valence-corrected chi connectivity index (χ2v) is 7.08. The van der Waals surface area contributed by atoms with Crippen LogP contribution in [0.4, 0.5) is 0 Å². The minimum atomic E-state index is 0.127. The van der Waals surface area contributed by atoms with Crippen molar-refractivity contribution >= 4 is 16.9 Å². The summed E-state index contributed by atoms with van der Waals surface area (Å²) < 4.78 is 11.0. The number of nitrogens with zero attached hydrogens (tertiary/aromatic N) is 2. The predicted molar refractivity (Wildman–Crippen MR) is 108 cm³/mol. The molecule has 1 N–H and O–H groups in total. The number of rotatable bonds is 6. The van der Waals surface area contributed by atoms with Crippen LogP contribution in [-0.2, 0) is 22.4 Å². The van der Waals surface area contributed by atoms with Crippen molar-refractivity contribution < 1.29 is 13.9 Å². The van der Waals surface area contributed by atoms with E-state index in [-0.39, 0.29) is 5.91 Å². The molecule has 1 saturated heterocycles. The molecular formula is C22H25N3O3.